The van der Waals surface area contributed by atoms with Crippen molar-refractivity contribution in [3.8, 4) is 5.75 Å². The lowest BCUT2D eigenvalue weighted by molar-refractivity contribution is 0.102. The molecule has 0 atom stereocenters. The smallest absolute Gasteiger partial charge is 0.261 e. The zero-order valence-corrected chi connectivity index (χ0v) is 17.2. The standard InChI is InChI=1S/C22H22N2O4S/c1-15-6-4-9-21(16(15)2)23-22(25)17-7-5-8-18(14-17)24-29(26,27)20-12-10-19(28-3)11-13-20/h4-14,24H,1-3H3,(H,23,25). The number of methoxy groups -OCH3 is 1. The van der Waals surface area contributed by atoms with E-state index in [9.17, 15) is 13.2 Å². The van der Waals surface area contributed by atoms with Gasteiger partial charge in [-0.1, -0.05) is 18.2 Å². The number of amides is 1. The van der Waals surface area contributed by atoms with E-state index in [2.05, 4.69) is 10.0 Å². The lowest BCUT2D eigenvalue weighted by atomic mass is 10.1. The van der Waals surface area contributed by atoms with E-state index in [1.807, 2.05) is 32.0 Å². The molecule has 0 saturated heterocycles. The van der Waals surface area contributed by atoms with Crippen LogP contribution in [0.4, 0.5) is 11.4 Å². The summed E-state index contributed by atoms with van der Waals surface area (Å²) in [6, 6.07) is 18.1. The van der Waals surface area contributed by atoms with Crippen molar-refractivity contribution in [1.29, 1.82) is 0 Å². The minimum atomic E-state index is -3.79. The summed E-state index contributed by atoms with van der Waals surface area (Å²) in [6.07, 6.45) is 0. The molecule has 0 aliphatic heterocycles. The van der Waals surface area contributed by atoms with Crippen molar-refractivity contribution in [2.45, 2.75) is 18.7 Å². The van der Waals surface area contributed by atoms with E-state index < -0.39 is 10.0 Å². The number of rotatable bonds is 6. The van der Waals surface area contributed by atoms with Crippen LogP contribution in [0.25, 0.3) is 0 Å². The number of anilines is 2. The van der Waals surface area contributed by atoms with Crippen molar-refractivity contribution in [3.63, 3.8) is 0 Å². The van der Waals surface area contributed by atoms with Gasteiger partial charge in [-0.05, 0) is 73.5 Å². The first kappa shape index (κ1) is 20.4. The summed E-state index contributed by atoms with van der Waals surface area (Å²) in [5, 5.41) is 2.87. The Balaban J connectivity index is 1.79. The SMILES string of the molecule is COc1ccc(S(=O)(=O)Nc2cccc(C(=O)Nc3cccc(C)c3C)c2)cc1. The largest absolute Gasteiger partial charge is 0.497 e. The molecule has 3 rings (SSSR count). The topological polar surface area (TPSA) is 84.5 Å². The Morgan fingerprint density at radius 2 is 1.62 bits per heavy atom. The highest BCUT2D eigenvalue weighted by Crippen LogP contribution is 2.22. The predicted octanol–water partition coefficient (Wildman–Crippen LogP) is 4.37. The number of ether oxygens (including phenoxy) is 1. The number of carbonyl (C=O) groups excluding carboxylic acids is 1. The van der Waals surface area contributed by atoms with Gasteiger partial charge >= 0.3 is 0 Å². The van der Waals surface area contributed by atoms with Crippen molar-refractivity contribution >= 4 is 27.3 Å². The molecular formula is C22H22N2O4S. The van der Waals surface area contributed by atoms with E-state index in [0.29, 0.717) is 17.0 Å². The minimum absolute atomic E-state index is 0.101. The van der Waals surface area contributed by atoms with Crippen molar-refractivity contribution in [2.24, 2.45) is 0 Å². The number of benzene rings is 3. The molecular weight excluding hydrogens is 388 g/mol. The molecule has 0 aliphatic rings. The van der Waals surface area contributed by atoms with Crippen molar-refractivity contribution < 1.29 is 17.9 Å². The van der Waals surface area contributed by atoms with Crippen molar-refractivity contribution in [2.75, 3.05) is 17.1 Å². The van der Waals surface area contributed by atoms with Gasteiger partial charge < -0.3 is 10.1 Å². The van der Waals surface area contributed by atoms with Crippen LogP contribution in [0.15, 0.2) is 71.6 Å². The summed E-state index contributed by atoms with van der Waals surface area (Å²) < 4.78 is 32.8. The zero-order valence-electron chi connectivity index (χ0n) is 16.4. The molecule has 0 aliphatic carbocycles. The second-order valence-corrected chi connectivity index (χ2v) is 8.25. The molecule has 7 heteroatoms. The van der Waals surface area contributed by atoms with Crippen LogP contribution in [0.1, 0.15) is 21.5 Å². The average Bonchev–Trinajstić information content (AvgIpc) is 2.71. The van der Waals surface area contributed by atoms with Crippen LogP contribution < -0.4 is 14.8 Å². The second kappa shape index (κ2) is 8.36. The molecule has 0 heterocycles. The van der Waals surface area contributed by atoms with Gasteiger partial charge in [-0.3, -0.25) is 9.52 Å². The molecule has 3 aromatic rings. The summed E-state index contributed by atoms with van der Waals surface area (Å²) in [6.45, 7) is 3.91. The van der Waals surface area contributed by atoms with E-state index in [4.69, 9.17) is 4.74 Å². The third-order valence-corrected chi connectivity index (χ3v) is 6.00. The number of hydrogen-bond acceptors (Lipinski definition) is 4. The maximum Gasteiger partial charge on any atom is 0.261 e. The van der Waals surface area contributed by atoms with Gasteiger partial charge in [-0.25, -0.2) is 8.42 Å². The highest BCUT2D eigenvalue weighted by atomic mass is 32.2. The second-order valence-electron chi connectivity index (χ2n) is 6.56. The highest BCUT2D eigenvalue weighted by molar-refractivity contribution is 7.92. The third-order valence-electron chi connectivity index (χ3n) is 4.60. The first-order valence-electron chi connectivity index (χ1n) is 8.94. The normalized spacial score (nSPS) is 11.0. The fourth-order valence-corrected chi connectivity index (χ4v) is 3.82. The number of carbonyl (C=O) groups is 1. The van der Waals surface area contributed by atoms with Gasteiger partial charge in [0.05, 0.1) is 12.0 Å². The molecule has 0 aromatic heterocycles. The first-order chi connectivity index (χ1) is 13.8. The van der Waals surface area contributed by atoms with Crippen LogP contribution >= 0.6 is 0 Å². The van der Waals surface area contributed by atoms with Gasteiger partial charge in [0.2, 0.25) is 0 Å². The molecule has 0 spiro atoms. The minimum Gasteiger partial charge on any atom is -0.497 e. The Morgan fingerprint density at radius 3 is 2.31 bits per heavy atom. The van der Waals surface area contributed by atoms with Crippen LogP contribution in [0.5, 0.6) is 5.75 Å². The van der Waals surface area contributed by atoms with E-state index in [0.717, 1.165) is 16.8 Å². The number of nitrogens with one attached hydrogen (secondary N) is 2. The summed E-state index contributed by atoms with van der Waals surface area (Å²) in [7, 11) is -2.28. The van der Waals surface area contributed by atoms with E-state index in [1.165, 1.54) is 25.3 Å². The van der Waals surface area contributed by atoms with Gasteiger partial charge in [-0.2, -0.15) is 0 Å². The number of aryl methyl sites for hydroxylation is 1. The molecule has 150 valence electrons. The van der Waals surface area contributed by atoms with Crippen LogP contribution in [0.2, 0.25) is 0 Å². The fourth-order valence-electron chi connectivity index (χ4n) is 2.77. The number of sulfonamides is 1. The molecule has 0 fully saturated rings. The Kier molecular flexibility index (Phi) is 5.89. The molecule has 0 radical (unpaired) electrons. The predicted molar refractivity (Wildman–Crippen MR) is 114 cm³/mol. The lowest BCUT2D eigenvalue weighted by Gasteiger charge is -2.12. The van der Waals surface area contributed by atoms with Crippen molar-refractivity contribution in [1.82, 2.24) is 0 Å². The zero-order chi connectivity index (χ0) is 21.0. The van der Waals surface area contributed by atoms with Crippen LogP contribution in [-0.2, 0) is 10.0 Å². The summed E-state index contributed by atoms with van der Waals surface area (Å²) in [4.78, 5) is 12.7. The van der Waals surface area contributed by atoms with E-state index >= 15 is 0 Å². The molecule has 0 unspecified atom stereocenters. The number of hydrogen-bond donors (Lipinski definition) is 2. The fraction of sp³-hybridized carbons (Fsp3) is 0.136. The monoisotopic (exact) mass is 410 g/mol. The third kappa shape index (κ3) is 4.75. The quantitative estimate of drug-likeness (QED) is 0.632. The molecule has 29 heavy (non-hydrogen) atoms. The Morgan fingerprint density at radius 1 is 0.931 bits per heavy atom. The molecule has 1 amide bonds. The molecule has 6 nitrogen and oxygen atoms in total. The van der Waals surface area contributed by atoms with E-state index in [-0.39, 0.29) is 10.8 Å². The van der Waals surface area contributed by atoms with Crippen LogP contribution in [0.3, 0.4) is 0 Å². The first-order valence-corrected chi connectivity index (χ1v) is 10.4. The summed E-state index contributed by atoms with van der Waals surface area (Å²) in [5.74, 6) is 0.248. The maximum absolute atomic E-state index is 12.6. The van der Waals surface area contributed by atoms with Gasteiger partial charge in [0.1, 0.15) is 5.75 Å². The van der Waals surface area contributed by atoms with Crippen molar-refractivity contribution in [3.05, 3.63) is 83.4 Å². The Labute approximate surface area is 170 Å². The lowest BCUT2D eigenvalue weighted by Crippen LogP contribution is -2.15. The molecule has 3 aromatic carbocycles. The van der Waals surface area contributed by atoms with Gasteiger partial charge in [-0.15, -0.1) is 0 Å². The maximum atomic E-state index is 12.6. The Hall–Kier alpha value is -3.32. The highest BCUT2D eigenvalue weighted by Gasteiger charge is 2.16. The Bertz CT molecular complexity index is 1140. The van der Waals surface area contributed by atoms with Crippen LogP contribution in [0, 0.1) is 13.8 Å². The summed E-state index contributed by atoms with van der Waals surface area (Å²) >= 11 is 0. The van der Waals surface area contributed by atoms with E-state index in [1.54, 1.807) is 30.3 Å². The summed E-state index contributed by atoms with van der Waals surface area (Å²) in [5.41, 5.74) is 3.43. The van der Waals surface area contributed by atoms with Crippen LogP contribution in [-0.4, -0.2) is 21.4 Å². The molecule has 0 saturated carbocycles. The molecule has 2 N–H and O–H groups in total. The van der Waals surface area contributed by atoms with Gasteiger partial charge in [0.25, 0.3) is 15.9 Å². The van der Waals surface area contributed by atoms with Gasteiger partial charge in [0, 0.05) is 16.9 Å². The molecule has 0 bridgehead atoms. The van der Waals surface area contributed by atoms with Gasteiger partial charge in [0.15, 0.2) is 0 Å². The average molecular weight is 410 g/mol.